The molecule has 1 amide bonds. The lowest BCUT2D eigenvalue weighted by molar-refractivity contribution is -0.124. The summed E-state index contributed by atoms with van der Waals surface area (Å²) in [6.07, 6.45) is 1.09. The quantitative estimate of drug-likeness (QED) is 0.669. The number of hydrogen-bond acceptors (Lipinski definition) is 4. The molecule has 29 heavy (non-hydrogen) atoms. The normalized spacial score (nSPS) is 13.2. The van der Waals surface area contributed by atoms with Crippen molar-refractivity contribution in [1.82, 2.24) is 9.62 Å². The number of nitrogens with zero attached hydrogens (tertiary/aromatic N) is 1. The second-order valence-corrected chi connectivity index (χ2v) is 10.0. The van der Waals surface area contributed by atoms with Gasteiger partial charge in [-0.2, -0.15) is 4.31 Å². The average molecular weight is 419 g/mol. The number of likely N-dealkylation sites (N-methyl/N-ethyl adjacent to an activating group) is 1. The Morgan fingerprint density at radius 2 is 1.66 bits per heavy atom. The first-order chi connectivity index (χ1) is 13.5. The monoisotopic (exact) mass is 418 g/mol. The van der Waals surface area contributed by atoms with Gasteiger partial charge in [-0.05, 0) is 22.6 Å². The smallest absolute Gasteiger partial charge is 0.243 e. The third-order valence-corrected chi connectivity index (χ3v) is 5.86. The van der Waals surface area contributed by atoms with Crippen molar-refractivity contribution in [2.75, 3.05) is 26.5 Å². The minimum Gasteiger partial charge on any atom is -0.491 e. The molecule has 0 unspecified atom stereocenters. The van der Waals surface area contributed by atoms with Gasteiger partial charge in [0.05, 0.1) is 12.8 Å². The van der Waals surface area contributed by atoms with Crippen LogP contribution < -0.4 is 10.1 Å². The molecule has 2 aromatic rings. The Morgan fingerprint density at radius 1 is 1.07 bits per heavy atom. The summed E-state index contributed by atoms with van der Waals surface area (Å²) >= 11 is 0. The first-order valence-corrected chi connectivity index (χ1v) is 11.3. The van der Waals surface area contributed by atoms with Gasteiger partial charge in [-0.15, -0.1) is 0 Å². The molecule has 0 aliphatic rings. The summed E-state index contributed by atoms with van der Waals surface area (Å²) in [6, 6.07) is 15.7. The average Bonchev–Trinajstić information content (AvgIpc) is 2.65. The highest BCUT2D eigenvalue weighted by atomic mass is 32.2. The summed E-state index contributed by atoms with van der Waals surface area (Å²) in [4.78, 5) is 12.8. The van der Waals surface area contributed by atoms with Crippen LogP contribution in [0.1, 0.15) is 37.9 Å². The molecule has 2 aromatic carbocycles. The molecule has 2 rings (SSSR count). The largest absolute Gasteiger partial charge is 0.491 e. The minimum atomic E-state index is -3.55. The van der Waals surface area contributed by atoms with Gasteiger partial charge < -0.3 is 10.1 Å². The predicted octanol–water partition coefficient (Wildman–Crippen LogP) is 3.11. The molecule has 0 radical (unpaired) electrons. The molecule has 0 saturated heterocycles. The Balaban J connectivity index is 2.05. The number of carbonyl (C=O) groups is 1. The van der Waals surface area contributed by atoms with Crippen molar-refractivity contribution in [1.29, 1.82) is 0 Å². The maximum absolute atomic E-state index is 12.8. The molecular formula is C22H30N2O4S. The van der Waals surface area contributed by atoms with E-state index >= 15 is 0 Å². The number of ether oxygens (including phenoxy) is 1. The third kappa shape index (κ3) is 6.30. The SMILES string of the molecule is CN([C@@H](C(=O)NCCOc1ccccc1C(C)(C)C)c1ccccc1)S(C)(=O)=O. The van der Waals surface area contributed by atoms with Crippen LogP contribution in [-0.4, -0.2) is 45.1 Å². The van der Waals surface area contributed by atoms with Crippen molar-refractivity contribution in [3.63, 3.8) is 0 Å². The Morgan fingerprint density at radius 3 is 2.24 bits per heavy atom. The molecule has 1 atom stereocenters. The second kappa shape index (κ2) is 9.41. The molecule has 0 bridgehead atoms. The van der Waals surface area contributed by atoms with E-state index < -0.39 is 22.0 Å². The van der Waals surface area contributed by atoms with E-state index in [1.807, 2.05) is 30.3 Å². The van der Waals surface area contributed by atoms with Crippen molar-refractivity contribution in [2.24, 2.45) is 0 Å². The van der Waals surface area contributed by atoms with Crippen LogP contribution >= 0.6 is 0 Å². The van der Waals surface area contributed by atoms with Crippen LogP contribution in [0.5, 0.6) is 5.75 Å². The number of benzene rings is 2. The fourth-order valence-corrected chi connectivity index (χ4v) is 3.60. The summed E-state index contributed by atoms with van der Waals surface area (Å²) in [7, 11) is -2.14. The van der Waals surface area contributed by atoms with Gasteiger partial charge in [-0.25, -0.2) is 8.42 Å². The van der Waals surface area contributed by atoms with Crippen molar-refractivity contribution < 1.29 is 17.9 Å². The molecule has 158 valence electrons. The van der Waals surface area contributed by atoms with Crippen LogP contribution in [0, 0.1) is 0 Å². The van der Waals surface area contributed by atoms with Crippen molar-refractivity contribution in [3.8, 4) is 5.75 Å². The Labute approximate surface area is 173 Å². The molecule has 0 aliphatic heterocycles. The van der Waals surface area contributed by atoms with Gasteiger partial charge in [-0.3, -0.25) is 4.79 Å². The van der Waals surface area contributed by atoms with E-state index in [9.17, 15) is 13.2 Å². The fraction of sp³-hybridized carbons (Fsp3) is 0.409. The molecule has 0 fully saturated rings. The Kier molecular flexibility index (Phi) is 7.43. The number of nitrogens with one attached hydrogen (secondary N) is 1. The molecular weight excluding hydrogens is 388 g/mol. The van der Waals surface area contributed by atoms with Crippen LogP contribution in [0.3, 0.4) is 0 Å². The summed E-state index contributed by atoms with van der Waals surface area (Å²) in [6.45, 7) is 6.88. The van der Waals surface area contributed by atoms with Gasteiger partial charge in [-0.1, -0.05) is 69.3 Å². The number of amides is 1. The summed E-state index contributed by atoms with van der Waals surface area (Å²) in [5, 5.41) is 2.79. The van der Waals surface area contributed by atoms with E-state index in [1.54, 1.807) is 24.3 Å². The maximum atomic E-state index is 12.8. The van der Waals surface area contributed by atoms with E-state index in [-0.39, 0.29) is 18.6 Å². The van der Waals surface area contributed by atoms with Gasteiger partial charge in [0.1, 0.15) is 18.4 Å². The predicted molar refractivity (Wildman–Crippen MR) is 115 cm³/mol. The molecule has 0 aromatic heterocycles. The van der Waals surface area contributed by atoms with Crippen molar-refractivity contribution >= 4 is 15.9 Å². The van der Waals surface area contributed by atoms with Crippen molar-refractivity contribution in [3.05, 3.63) is 65.7 Å². The first-order valence-electron chi connectivity index (χ1n) is 9.50. The number of para-hydroxylation sites is 1. The van der Waals surface area contributed by atoms with E-state index in [2.05, 4.69) is 26.1 Å². The van der Waals surface area contributed by atoms with E-state index in [0.29, 0.717) is 5.56 Å². The molecule has 1 N–H and O–H groups in total. The highest BCUT2D eigenvalue weighted by Crippen LogP contribution is 2.30. The third-order valence-electron chi connectivity index (χ3n) is 4.60. The minimum absolute atomic E-state index is 0.0591. The molecule has 6 nitrogen and oxygen atoms in total. The van der Waals surface area contributed by atoms with E-state index in [4.69, 9.17) is 4.74 Å². The van der Waals surface area contributed by atoms with Gasteiger partial charge in [0.2, 0.25) is 15.9 Å². The summed E-state index contributed by atoms with van der Waals surface area (Å²) in [5.74, 6) is 0.388. The topological polar surface area (TPSA) is 75.7 Å². The second-order valence-electron chi connectivity index (χ2n) is 7.98. The zero-order chi connectivity index (χ0) is 21.7. The zero-order valence-corrected chi connectivity index (χ0v) is 18.5. The number of carbonyl (C=O) groups excluding carboxylic acids is 1. The van der Waals surface area contributed by atoms with Crippen LogP contribution in [0.15, 0.2) is 54.6 Å². The number of hydrogen-bond donors (Lipinski definition) is 1. The standard InChI is InChI=1S/C22H30N2O4S/c1-22(2,3)18-13-9-10-14-19(18)28-16-15-23-21(25)20(24(4)29(5,26)27)17-11-7-6-8-12-17/h6-14,20H,15-16H2,1-5H3,(H,23,25)/t20-/m1/s1. The Bertz CT molecular complexity index is 921. The highest BCUT2D eigenvalue weighted by Gasteiger charge is 2.30. The van der Waals surface area contributed by atoms with Crippen molar-refractivity contribution in [2.45, 2.75) is 32.2 Å². The molecule has 0 saturated carbocycles. The fourth-order valence-electron chi connectivity index (χ4n) is 3.00. The van der Waals surface area contributed by atoms with Crippen LogP contribution in [-0.2, 0) is 20.2 Å². The lowest BCUT2D eigenvalue weighted by Gasteiger charge is -2.26. The van der Waals surface area contributed by atoms with Gasteiger partial charge in [0.15, 0.2) is 0 Å². The Hall–Kier alpha value is -2.38. The number of rotatable bonds is 8. The van der Waals surface area contributed by atoms with Crippen LogP contribution in [0.2, 0.25) is 0 Å². The lowest BCUT2D eigenvalue weighted by Crippen LogP contribution is -2.42. The summed E-state index contributed by atoms with van der Waals surface area (Å²) in [5.41, 5.74) is 1.64. The van der Waals surface area contributed by atoms with Gasteiger partial charge in [0.25, 0.3) is 0 Å². The maximum Gasteiger partial charge on any atom is 0.243 e. The first kappa shape index (κ1) is 22.9. The highest BCUT2D eigenvalue weighted by molar-refractivity contribution is 7.88. The van der Waals surface area contributed by atoms with Gasteiger partial charge in [0, 0.05) is 7.05 Å². The molecule has 0 heterocycles. The lowest BCUT2D eigenvalue weighted by atomic mass is 9.86. The van der Waals surface area contributed by atoms with Crippen LogP contribution in [0.25, 0.3) is 0 Å². The molecule has 7 heteroatoms. The van der Waals surface area contributed by atoms with Crippen LogP contribution in [0.4, 0.5) is 0 Å². The van der Waals surface area contributed by atoms with Gasteiger partial charge >= 0.3 is 0 Å². The molecule has 0 aliphatic carbocycles. The van der Waals surface area contributed by atoms with E-state index in [0.717, 1.165) is 21.9 Å². The number of sulfonamides is 1. The molecule has 0 spiro atoms. The summed E-state index contributed by atoms with van der Waals surface area (Å²) < 4.78 is 31.0. The van der Waals surface area contributed by atoms with E-state index in [1.165, 1.54) is 7.05 Å². The zero-order valence-electron chi connectivity index (χ0n) is 17.7.